The van der Waals surface area contributed by atoms with Gasteiger partial charge in [-0.05, 0) is 43.9 Å². The summed E-state index contributed by atoms with van der Waals surface area (Å²) in [6.45, 7) is 2.73. The molecule has 2 atom stereocenters. The van der Waals surface area contributed by atoms with E-state index in [0.29, 0.717) is 6.54 Å². The first kappa shape index (κ1) is 16.2. The summed E-state index contributed by atoms with van der Waals surface area (Å²) < 4.78 is 51.9. The lowest BCUT2D eigenvalue weighted by Gasteiger charge is -2.37. The van der Waals surface area contributed by atoms with E-state index >= 15 is 0 Å². The Morgan fingerprint density at radius 1 is 1.29 bits per heavy atom. The van der Waals surface area contributed by atoms with Crippen molar-refractivity contribution in [2.75, 3.05) is 13.2 Å². The van der Waals surface area contributed by atoms with Crippen molar-refractivity contribution in [3.8, 4) is 0 Å². The van der Waals surface area contributed by atoms with E-state index in [1.807, 2.05) is 11.8 Å². The largest absolute Gasteiger partial charge is 0.416 e. The highest BCUT2D eigenvalue weighted by Gasteiger charge is 2.32. The number of rotatable bonds is 3. The zero-order chi connectivity index (χ0) is 15.6. The molecule has 2 rings (SSSR count). The van der Waals surface area contributed by atoms with Gasteiger partial charge in [-0.3, -0.25) is 4.90 Å². The molecule has 118 valence electrons. The third kappa shape index (κ3) is 3.95. The number of halogens is 4. The molecule has 0 spiro atoms. The van der Waals surface area contributed by atoms with Gasteiger partial charge in [0.05, 0.1) is 5.56 Å². The van der Waals surface area contributed by atoms with Crippen molar-refractivity contribution in [2.45, 2.75) is 38.5 Å². The summed E-state index contributed by atoms with van der Waals surface area (Å²) in [6.07, 6.45) is -2.73. The summed E-state index contributed by atoms with van der Waals surface area (Å²) >= 11 is 0. The highest BCUT2D eigenvalue weighted by atomic mass is 19.4. The lowest BCUT2D eigenvalue weighted by molar-refractivity contribution is -0.137. The standard InChI is InChI=1S/C15H19F4NO/c1-10-2-3-11(9-21)7-20(10)8-12-6-13(15(17,18)19)4-5-14(12)16/h4-6,10-11,21H,2-3,7-9H2,1H3. The van der Waals surface area contributed by atoms with E-state index < -0.39 is 17.6 Å². The van der Waals surface area contributed by atoms with Crippen molar-refractivity contribution in [2.24, 2.45) is 5.92 Å². The molecule has 1 fully saturated rings. The molecule has 2 nitrogen and oxygen atoms in total. The molecule has 1 aliphatic heterocycles. The van der Waals surface area contributed by atoms with Crippen LogP contribution in [0.25, 0.3) is 0 Å². The van der Waals surface area contributed by atoms with Gasteiger partial charge in [0.15, 0.2) is 0 Å². The minimum absolute atomic E-state index is 0.0499. The van der Waals surface area contributed by atoms with E-state index in [9.17, 15) is 22.7 Å². The number of hydrogen-bond donors (Lipinski definition) is 1. The number of piperidine rings is 1. The zero-order valence-electron chi connectivity index (χ0n) is 11.8. The maximum atomic E-state index is 13.8. The molecule has 1 aliphatic rings. The van der Waals surface area contributed by atoms with Crippen molar-refractivity contribution in [1.29, 1.82) is 0 Å². The summed E-state index contributed by atoms with van der Waals surface area (Å²) in [6, 6.07) is 2.68. The van der Waals surface area contributed by atoms with Gasteiger partial charge in [0.1, 0.15) is 5.82 Å². The summed E-state index contributed by atoms with van der Waals surface area (Å²) in [7, 11) is 0. The topological polar surface area (TPSA) is 23.5 Å². The van der Waals surface area contributed by atoms with E-state index in [1.165, 1.54) is 0 Å². The van der Waals surface area contributed by atoms with Crippen LogP contribution in [0.15, 0.2) is 18.2 Å². The summed E-state index contributed by atoms with van der Waals surface area (Å²) in [5.41, 5.74) is -0.780. The number of likely N-dealkylation sites (tertiary alicyclic amines) is 1. The Kier molecular flexibility index (Phi) is 4.88. The maximum absolute atomic E-state index is 13.8. The monoisotopic (exact) mass is 305 g/mol. The predicted molar refractivity (Wildman–Crippen MR) is 71.1 cm³/mol. The molecule has 0 aromatic heterocycles. The van der Waals surface area contributed by atoms with Gasteiger partial charge in [-0.1, -0.05) is 0 Å². The number of aliphatic hydroxyl groups excluding tert-OH is 1. The number of alkyl halides is 3. The summed E-state index contributed by atoms with van der Waals surface area (Å²) in [4.78, 5) is 1.93. The SMILES string of the molecule is CC1CCC(CO)CN1Cc1cc(C(F)(F)F)ccc1F. The van der Waals surface area contributed by atoms with Crippen LogP contribution in [0.4, 0.5) is 17.6 Å². The van der Waals surface area contributed by atoms with Gasteiger partial charge in [0.25, 0.3) is 0 Å². The van der Waals surface area contributed by atoms with Crippen LogP contribution in [0.5, 0.6) is 0 Å². The molecule has 1 aromatic carbocycles. The van der Waals surface area contributed by atoms with Gasteiger partial charge >= 0.3 is 6.18 Å². The quantitative estimate of drug-likeness (QED) is 0.865. The number of benzene rings is 1. The number of aliphatic hydroxyl groups is 1. The molecule has 1 aromatic rings. The highest BCUT2D eigenvalue weighted by Crippen LogP contribution is 2.31. The van der Waals surface area contributed by atoms with Crippen molar-refractivity contribution in [3.05, 3.63) is 35.1 Å². The Balaban J connectivity index is 2.18. The number of hydrogen-bond acceptors (Lipinski definition) is 2. The Hall–Kier alpha value is -1.14. The Morgan fingerprint density at radius 3 is 2.62 bits per heavy atom. The van der Waals surface area contributed by atoms with Crippen LogP contribution in [0.1, 0.15) is 30.9 Å². The molecule has 1 saturated heterocycles. The number of nitrogens with zero attached hydrogens (tertiary/aromatic N) is 1. The van der Waals surface area contributed by atoms with Gasteiger partial charge in [0, 0.05) is 31.3 Å². The van der Waals surface area contributed by atoms with E-state index in [4.69, 9.17) is 0 Å². The average Bonchev–Trinajstić information content (AvgIpc) is 2.42. The minimum Gasteiger partial charge on any atom is -0.396 e. The molecular weight excluding hydrogens is 286 g/mol. The Bertz CT molecular complexity index is 489. The first-order chi connectivity index (χ1) is 9.81. The van der Waals surface area contributed by atoms with Gasteiger partial charge in [-0.2, -0.15) is 13.2 Å². The van der Waals surface area contributed by atoms with Crippen molar-refractivity contribution >= 4 is 0 Å². The second-order valence-electron chi connectivity index (χ2n) is 5.71. The summed E-state index contributed by atoms with van der Waals surface area (Å²) in [5.74, 6) is -0.517. The summed E-state index contributed by atoms with van der Waals surface area (Å²) in [5, 5.41) is 9.22. The van der Waals surface area contributed by atoms with Gasteiger partial charge < -0.3 is 5.11 Å². The molecular formula is C15H19F4NO. The fraction of sp³-hybridized carbons (Fsp3) is 0.600. The van der Waals surface area contributed by atoms with Crippen molar-refractivity contribution < 1.29 is 22.7 Å². The van der Waals surface area contributed by atoms with Crippen LogP contribution in [-0.2, 0) is 12.7 Å². The molecule has 0 radical (unpaired) electrons. The Morgan fingerprint density at radius 2 is 2.00 bits per heavy atom. The molecule has 0 saturated carbocycles. The molecule has 21 heavy (non-hydrogen) atoms. The third-order valence-electron chi connectivity index (χ3n) is 4.11. The molecule has 2 unspecified atom stereocenters. The molecule has 0 bridgehead atoms. The molecule has 0 aliphatic carbocycles. The maximum Gasteiger partial charge on any atom is 0.416 e. The lowest BCUT2D eigenvalue weighted by Crippen LogP contribution is -2.42. The molecule has 1 N–H and O–H groups in total. The molecule has 6 heteroatoms. The third-order valence-corrected chi connectivity index (χ3v) is 4.11. The molecule has 1 heterocycles. The van der Waals surface area contributed by atoms with Crippen LogP contribution in [0.2, 0.25) is 0 Å². The highest BCUT2D eigenvalue weighted by molar-refractivity contribution is 5.27. The first-order valence-corrected chi connectivity index (χ1v) is 7.01. The van der Waals surface area contributed by atoms with Crippen LogP contribution in [-0.4, -0.2) is 29.2 Å². The fourth-order valence-electron chi connectivity index (χ4n) is 2.72. The van der Waals surface area contributed by atoms with Crippen molar-refractivity contribution in [1.82, 2.24) is 4.90 Å². The second kappa shape index (κ2) is 6.32. The van der Waals surface area contributed by atoms with E-state index in [-0.39, 0.29) is 30.7 Å². The predicted octanol–water partition coefficient (Wildman–Crippen LogP) is 3.44. The second-order valence-corrected chi connectivity index (χ2v) is 5.71. The minimum atomic E-state index is -4.47. The van der Waals surface area contributed by atoms with Crippen LogP contribution >= 0.6 is 0 Å². The van der Waals surface area contributed by atoms with E-state index in [0.717, 1.165) is 31.0 Å². The normalized spacial score (nSPS) is 24.3. The van der Waals surface area contributed by atoms with E-state index in [1.54, 1.807) is 0 Å². The van der Waals surface area contributed by atoms with Crippen LogP contribution in [0, 0.1) is 11.7 Å². The van der Waals surface area contributed by atoms with E-state index in [2.05, 4.69) is 0 Å². The molecule has 0 amide bonds. The van der Waals surface area contributed by atoms with Crippen LogP contribution in [0.3, 0.4) is 0 Å². The van der Waals surface area contributed by atoms with Crippen molar-refractivity contribution in [3.63, 3.8) is 0 Å². The Labute approximate surface area is 121 Å². The zero-order valence-corrected chi connectivity index (χ0v) is 11.8. The lowest BCUT2D eigenvalue weighted by atomic mass is 9.93. The first-order valence-electron chi connectivity index (χ1n) is 7.01. The fourth-order valence-corrected chi connectivity index (χ4v) is 2.72. The van der Waals surface area contributed by atoms with Gasteiger partial charge in [-0.15, -0.1) is 0 Å². The van der Waals surface area contributed by atoms with Gasteiger partial charge in [0.2, 0.25) is 0 Å². The van der Waals surface area contributed by atoms with Crippen LogP contribution < -0.4 is 0 Å². The average molecular weight is 305 g/mol. The smallest absolute Gasteiger partial charge is 0.396 e. The van der Waals surface area contributed by atoms with Gasteiger partial charge in [-0.25, -0.2) is 4.39 Å².